The molecular weight excluding hydrogens is 545 g/mol. The number of carbonyl (C=O) groups excluding carboxylic acids is 2. The van der Waals surface area contributed by atoms with Crippen molar-refractivity contribution in [3.05, 3.63) is 94.5 Å². The van der Waals surface area contributed by atoms with Crippen LogP contribution in [-0.2, 0) is 26.2 Å². The molecule has 1 atom stereocenters. The molecule has 2 amide bonds. The Kier molecular flexibility index (Phi) is 10.2. The van der Waals surface area contributed by atoms with E-state index in [0.717, 1.165) is 9.87 Å². The highest BCUT2D eigenvalue weighted by Crippen LogP contribution is 2.30. The zero-order chi connectivity index (χ0) is 27.9. The van der Waals surface area contributed by atoms with Gasteiger partial charge in [0, 0.05) is 17.6 Å². The van der Waals surface area contributed by atoms with E-state index in [0.29, 0.717) is 11.4 Å². The molecule has 202 valence electrons. The molecular formula is C28H31Cl2N3O4S. The quantitative estimate of drug-likeness (QED) is 0.326. The average Bonchev–Trinajstić information content (AvgIpc) is 2.88. The molecule has 0 heterocycles. The van der Waals surface area contributed by atoms with Crippen molar-refractivity contribution in [2.24, 2.45) is 0 Å². The zero-order valence-corrected chi connectivity index (χ0v) is 23.8. The molecule has 0 unspecified atom stereocenters. The summed E-state index contributed by atoms with van der Waals surface area (Å²) in [6.07, 6.45) is 0.329. The number of hydrogen-bond acceptors (Lipinski definition) is 4. The van der Waals surface area contributed by atoms with Gasteiger partial charge in [-0.05, 0) is 62.2 Å². The maximum atomic E-state index is 13.9. The van der Waals surface area contributed by atoms with Crippen molar-refractivity contribution in [1.29, 1.82) is 0 Å². The summed E-state index contributed by atoms with van der Waals surface area (Å²) in [6.45, 7) is 5.00. The number of rotatable bonds is 11. The second kappa shape index (κ2) is 13.1. The van der Waals surface area contributed by atoms with E-state index in [1.807, 2.05) is 13.8 Å². The molecule has 3 rings (SSSR count). The van der Waals surface area contributed by atoms with Crippen LogP contribution in [0.2, 0.25) is 10.0 Å². The third-order valence-electron chi connectivity index (χ3n) is 5.81. The van der Waals surface area contributed by atoms with Gasteiger partial charge < -0.3 is 10.2 Å². The first-order chi connectivity index (χ1) is 18.0. The monoisotopic (exact) mass is 575 g/mol. The molecule has 38 heavy (non-hydrogen) atoms. The fourth-order valence-electron chi connectivity index (χ4n) is 3.97. The molecule has 0 spiro atoms. The summed E-state index contributed by atoms with van der Waals surface area (Å²) in [6, 6.07) is 20.2. The number of amides is 2. The Morgan fingerprint density at radius 1 is 0.895 bits per heavy atom. The van der Waals surface area contributed by atoms with Gasteiger partial charge in [-0.15, -0.1) is 0 Å². The highest BCUT2D eigenvalue weighted by molar-refractivity contribution is 7.92. The van der Waals surface area contributed by atoms with E-state index in [-0.39, 0.29) is 34.1 Å². The summed E-state index contributed by atoms with van der Waals surface area (Å²) in [4.78, 5) is 28.5. The predicted molar refractivity (Wildman–Crippen MR) is 152 cm³/mol. The second-order valence-electron chi connectivity index (χ2n) is 9.01. The number of halogens is 2. The summed E-state index contributed by atoms with van der Waals surface area (Å²) in [5.41, 5.74) is 0.909. The van der Waals surface area contributed by atoms with Gasteiger partial charge in [-0.25, -0.2) is 8.42 Å². The van der Waals surface area contributed by atoms with E-state index >= 15 is 0 Å². The van der Waals surface area contributed by atoms with Gasteiger partial charge in [-0.2, -0.15) is 0 Å². The number of hydrogen-bond donors (Lipinski definition) is 1. The van der Waals surface area contributed by atoms with Crippen LogP contribution in [0.25, 0.3) is 0 Å². The summed E-state index contributed by atoms with van der Waals surface area (Å²) in [7, 11) is -4.17. The molecule has 0 aliphatic heterocycles. The second-order valence-corrected chi connectivity index (χ2v) is 11.7. The zero-order valence-electron chi connectivity index (χ0n) is 21.5. The Morgan fingerprint density at radius 3 is 2.08 bits per heavy atom. The lowest BCUT2D eigenvalue weighted by atomic mass is 10.1. The fourth-order valence-corrected chi connectivity index (χ4v) is 5.84. The standard InChI is InChI=1S/C28H31Cl2N3O4S/c1-4-25(28(35)31-20(2)3)32(18-21-14-16-22(29)17-15-21)27(34)19-33(26-13-9-8-12-24(26)30)38(36,37)23-10-6-5-7-11-23/h5-17,20,25H,4,18-19H2,1-3H3,(H,31,35)/t25-/m1/s1. The third-order valence-corrected chi connectivity index (χ3v) is 8.16. The van der Waals surface area contributed by atoms with Gasteiger partial charge in [0.25, 0.3) is 10.0 Å². The normalized spacial score (nSPS) is 12.2. The lowest BCUT2D eigenvalue weighted by Crippen LogP contribution is -2.53. The molecule has 0 radical (unpaired) electrons. The van der Waals surface area contributed by atoms with Crippen molar-refractivity contribution in [2.75, 3.05) is 10.8 Å². The van der Waals surface area contributed by atoms with Gasteiger partial charge in [0.15, 0.2) is 0 Å². The van der Waals surface area contributed by atoms with E-state index < -0.39 is 28.5 Å². The van der Waals surface area contributed by atoms with Crippen LogP contribution in [0, 0.1) is 0 Å². The van der Waals surface area contributed by atoms with Crippen molar-refractivity contribution in [1.82, 2.24) is 10.2 Å². The minimum Gasteiger partial charge on any atom is -0.352 e. The fraction of sp³-hybridized carbons (Fsp3) is 0.286. The number of nitrogens with one attached hydrogen (secondary N) is 1. The Balaban J connectivity index is 2.06. The third kappa shape index (κ3) is 7.28. The van der Waals surface area contributed by atoms with Gasteiger partial charge in [-0.3, -0.25) is 13.9 Å². The largest absolute Gasteiger partial charge is 0.352 e. The van der Waals surface area contributed by atoms with Crippen molar-refractivity contribution in [3.63, 3.8) is 0 Å². The molecule has 0 fully saturated rings. The molecule has 0 aliphatic rings. The topological polar surface area (TPSA) is 86.8 Å². The van der Waals surface area contributed by atoms with Crippen LogP contribution in [0.4, 0.5) is 5.69 Å². The Bertz CT molecular complexity index is 1350. The van der Waals surface area contributed by atoms with Gasteiger partial charge in [0.2, 0.25) is 11.8 Å². The van der Waals surface area contributed by atoms with Crippen molar-refractivity contribution in [3.8, 4) is 0 Å². The summed E-state index contributed by atoms with van der Waals surface area (Å²) >= 11 is 12.4. The van der Waals surface area contributed by atoms with Gasteiger partial charge in [0.05, 0.1) is 15.6 Å². The van der Waals surface area contributed by atoms with Crippen LogP contribution < -0.4 is 9.62 Å². The van der Waals surface area contributed by atoms with E-state index in [1.54, 1.807) is 73.7 Å². The van der Waals surface area contributed by atoms with Gasteiger partial charge in [0.1, 0.15) is 12.6 Å². The van der Waals surface area contributed by atoms with E-state index in [4.69, 9.17) is 23.2 Å². The summed E-state index contributed by atoms with van der Waals surface area (Å²) in [5.74, 6) is -0.870. The average molecular weight is 577 g/mol. The van der Waals surface area contributed by atoms with E-state index in [9.17, 15) is 18.0 Å². The molecule has 0 bridgehead atoms. The van der Waals surface area contributed by atoms with Gasteiger partial charge >= 0.3 is 0 Å². The SMILES string of the molecule is CC[C@H](C(=O)NC(C)C)N(Cc1ccc(Cl)cc1)C(=O)CN(c1ccccc1Cl)S(=O)(=O)c1ccccc1. The van der Waals surface area contributed by atoms with Crippen LogP contribution in [-0.4, -0.2) is 43.8 Å². The first-order valence-corrected chi connectivity index (χ1v) is 14.4. The van der Waals surface area contributed by atoms with E-state index in [1.165, 1.54) is 17.0 Å². The summed E-state index contributed by atoms with van der Waals surface area (Å²) < 4.78 is 28.5. The highest BCUT2D eigenvalue weighted by Gasteiger charge is 2.34. The Hall–Kier alpha value is -3.07. The minimum atomic E-state index is -4.17. The Labute approximate surface area is 234 Å². The number of benzene rings is 3. The molecule has 0 aromatic heterocycles. The molecule has 0 saturated heterocycles. The number of para-hydroxylation sites is 1. The first-order valence-electron chi connectivity index (χ1n) is 12.2. The van der Waals surface area contributed by atoms with Crippen molar-refractivity contribution >= 4 is 50.7 Å². The molecule has 7 nitrogen and oxygen atoms in total. The maximum Gasteiger partial charge on any atom is 0.264 e. The van der Waals surface area contributed by atoms with Crippen LogP contribution in [0.15, 0.2) is 83.8 Å². The molecule has 1 N–H and O–H groups in total. The first kappa shape index (κ1) is 29.5. The van der Waals surface area contributed by atoms with Crippen molar-refractivity contribution in [2.45, 2.75) is 50.7 Å². The smallest absolute Gasteiger partial charge is 0.264 e. The maximum absolute atomic E-state index is 13.9. The lowest BCUT2D eigenvalue weighted by molar-refractivity contribution is -0.140. The number of sulfonamides is 1. The highest BCUT2D eigenvalue weighted by atomic mass is 35.5. The van der Waals surface area contributed by atoms with Crippen LogP contribution in [0.1, 0.15) is 32.8 Å². The van der Waals surface area contributed by atoms with Crippen LogP contribution in [0.5, 0.6) is 0 Å². The number of nitrogens with zero attached hydrogens (tertiary/aromatic N) is 2. The van der Waals surface area contributed by atoms with Crippen molar-refractivity contribution < 1.29 is 18.0 Å². The van der Waals surface area contributed by atoms with Gasteiger partial charge in [-0.1, -0.05) is 72.6 Å². The number of carbonyl (C=O) groups is 2. The summed E-state index contributed by atoms with van der Waals surface area (Å²) in [5, 5.41) is 3.58. The molecule has 0 saturated carbocycles. The van der Waals surface area contributed by atoms with Crippen LogP contribution >= 0.6 is 23.2 Å². The predicted octanol–water partition coefficient (Wildman–Crippen LogP) is 5.52. The molecule has 3 aromatic rings. The van der Waals surface area contributed by atoms with E-state index in [2.05, 4.69) is 5.32 Å². The van der Waals surface area contributed by atoms with Crippen LogP contribution in [0.3, 0.4) is 0 Å². The lowest BCUT2D eigenvalue weighted by Gasteiger charge is -2.33. The molecule has 3 aromatic carbocycles. The Morgan fingerprint density at radius 2 is 1.50 bits per heavy atom. The molecule has 0 aliphatic carbocycles. The number of anilines is 1. The minimum absolute atomic E-state index is 0.0153. The molecule has 10 heteroatoms.